The van der Waals surface area contributed by atoms with Crippen molar-refractivity contribution in [1.82, 2.24) is 16.0 Å². The number of benzene rings is 2. The van der Waals surface area contributed by atoms with Crippen molar-refractivity contribution in [2.75, 3.05) is 21.1 Å². The molecule has 0 radical (unpaired) electrons. The van der Waals surface area contributed by atoms with Crippen molar-refractivity contribution in [1.29, 1.82) is 0 Å². The van der Waals surface area contributed by atoms with Crippen LogP contribution in [0.2, 0.25) is 0 Å². The number of carbonyl (C=O) groups excluding carboxylic acids is 1. The average Bonchev–Trinajstić information content (AvgIpc) is 2.58. The van der Waals surface area contributed by atoms with Crippen molar-refractivity contribution < 1.29 is 4.79 Å². The molecular formula is C17H22ClN3O. The van der Waals surface area contributed by atoms with Crippen LogP contribution in [0.5, 0.6) is 0 Å². The summed E-state index contributed by atoms with van der Waals surface area (Å²) in [5.41, 5.74) is 2.40. The van der Waals surface area contributed by atoms with Crippen molar-refractivity contribution in [3.8, 4) is 0 Å². The third-order valence-corrected chi connectivity index (χ3v) is 3.74. The van der Waals surface area contributed by atoms with Crippen LogP contribution in [-0.4, -0.2) is 26.9 Å². The maximum absolute atomic E-state index is 12.4. The van der Waals surface area contributed by atoms with Gasteiger partial charge in [-0.25, -0.2) is 0 Å². The first-order valence-corrected chi connectivity index (χ1v) is 6.94. The lowest BCUT2D eigenvalue weighted by Gasteiger charge is -2.33. The molecule has 0 aliphatic heterocycles. The molecule has 5 heteroatoms. The fourth-order valence-corrected chi connectivity index (χ4v) is 2.44. The Labute approximate surface area is 137 Å². The van der Waals surface area contributed by atoms with Crippen molar-refractivity contribution in [2.24, 2.45) is 0 Å². The van der Waals surface area contributed by atoms with Crippen LogP contribution in [0, 0.1) is 0 Å². The van der Waals surface area contributed by atoms with E-state index in [-0.39, 0.29) is 18.2 Å². The summed E-state index contributed by atoms with van der Waals surface area (Å²) < 4.78 is 0. The van der Waals surface area contributed by atoms with Crippen molar-refractivity contribution >= 4 is 18.2 Å². The SMILES string of the molecule is CNC(NC)(NC)c1ccc(C(=O)c2ccccc2)cc1.Cl. The molecule has 118 valence electrons. The molecule has 0 atom stereocenters. The normalized spacial score (nSPS) is 10.9. The quantitative estimate of drug-likeness (QED) is 0.564. The Balaban J connectivity index is 0.00000242. The lowest BCUT2D eigenvalue weighted by Crippen LogP contribution is -2.60. The van der Waals surface area contributed by atoms with Gasteiger partial charge in [0.2, 0.25) is 0 Å². The van der Waals surface area contributed by atoms with Crippen LogP contribution >= 0.6 is 12.4 Å². The minimum absolute atomic E-state index is 0. The fourth-order valence-electron chi connectivity index (χ4n) is 2.44. The third kappa shape index (κ3) is 3.54. The van der Waals surface area contributed by atoms with Gasteiger partial charge in [0.25, 0.3) is 0 Å². The highest BCUT2D eigenvalue weighted by Crippen LogP contribution is 2.17. The number of halogens is 1. The van der Waals surface area contributed by atoms with Gasteiger partial charge in [-0.2, -0.15) is 0 Å². The van der Waals surface area contributed by atoms with E-state index < -0.39 is 5.79 Å². The molecule has 3 N–H and O–H groups in total. The molecule has 2 aromatic rings. The molecule has 0 aromatic heterocycles. The van der Waals surface area contributed by atoms with Gasteiger partial charge in [0.1, 0.15) is 5.79 Å². The zero-order chi connectivity index (χ0) is 15.3. The van der Waals surface area contributed by atoms with Gasteiger partial charge in [0.05, 0.1) is 0 Å². The summed E-state index contributed by atoms with van der Waals surface area (Å²) in [4.78, 5) is 12.4. The molecule has 0 heterocycles. The van der Waals surface area contributed by atoms with E-state index in [1.807, 2.05) is 75.7 Å². The van der Waals surface area contributed by atoms with E-state index in [1.54, 1.807) is 0 Å². The first kappa shape index (κ1) is 18.3. The lowest BCUT2D eigenvalue weighted by molar-refractivity contribution is 0.103. The highest BCUT2D eigenvalue weighted by atomic mass is 35.5. The molecule has 0 aliphatic rings. The summed E-state index contributed by atoms with van der Waals surface area (Å²) in [7, 11) is 5.61. The second-order valence-electron chi connectivity index (χ2n) is 4.77. The minimum Gasteiger partial charge on any atom is -0.289 e. The summed E-state index contributed by atoms with van der Waals surface area (Å²) in [6.45, 7) is 0. The van der Waals surface area contributed by atoms with Gasteiger partial charge in [0.15, 0.2) is 5.78 Å². The first-order chi connectivity index (χ1) is 10.2. The van der Waals surface area contributed by atoms with E-state index >= 15 is 0 Å². The number of hydrogen-bond donors (Lipinski definition) is 3. The minimum atomic E-state index is -0.506. The van der Waals surface area contributed by atoms with Gasteiger partial charge < -0.3 is 0 Å². The fraction of sp³-hybridized carbons (Fsp3) is 0.235. The molecule has 0 bridgehead atoms. The molecule has 22 heavy (non-hydrogen) atoms. The summed E-state index contributed by atoms with van der Waals surface area (Å²) in [6.07, 6.45) is 0. The number of nitrogens with one attached hydrogen (secondary N) is 3. The maximum Gasteiger partial charge on any atom is 0.193 e. The van der Waals surface area contributed by atoms with Gasteiger partial charge >= 0.3 is 0 Å². The van der Waals surface area contributed by atoms with E-state index in [0.29, 0.717) is 11.1 Å². The van der Waals surface area contributed by atoms with Gasteiger partial charge in [0, 0.05) is 16.7 Å². The van der Waals surface area contributed by atoms with Crippen LogP contribution in [0.3, 0.4) is 0 Å². The largest absolute Gasteiger partial charge is 0.289 e. The zero-order valence-electron chi connectivity index (χ0n) is 13.0. The molecule has 0 aliphatic carbocycles. The van der Waals surface area contributed by atoms with Crippen LogP contribution in [0.4, 0.5) is 0 Å². The van der Waals surface area contributed by atoms with E-state index in [0.717, 1.165) is 5.56 Å². The Bertz CT molecular complexity index is 587. The van der Waals surface area contributed by atoms with Gasteiger partial charge in [-0.3, -0.25) is 20.7 Å². The Morgan fingerprint density at radius 2 is 1.23 bits per heavy atom. The molecule has 0 spiro atoms. The smallest absolute Gasteiger partial charge is 0.193 e. The first-order valence-electron chi connectivity index (χ1n) is 6.94. The van der Waals surface area contributed by atoms with Crippen molar-refractivity contribution in [2.45, 2.75) is 5.79 Å². The van der Waals surface area contributed by atoms with Gasteiger partial charge in [-0.05, 0) is 21.1 Å². The highest BCUT2D eigenvalue weighted by Gasteiger charge is 2.26. The zero-order valence-corrected chi connectivity index (χ0v) is 13.8. The summed E-state index contributed by atoms with van der Waals surface area (Å²) in [5.74, 6) is -0.472. The Morgan fingerprint density at radius 1 is 0.773 bits per heavy atom. The van der Waals surface area contributed by atoms with Crippen LogP contribution in [0.15, 0.2) is 54.6 Å². The molecule has 0 saturated carbocycles. The predicted molar refractivity (Wildman–Crippen MR) is 92.4 cm³/mol. The number of rotatable bonds is 6. The predicted octanol–water partition coefficient (Wildman–Crippen LogP) is 2.11. The molecule has 0 unspecified atom stereocenters. The molecule has 0 fully saturated rings. The van der Waals surface area contributed by atoms with Crippen LogP contribution < -0.4 is 16.0 Å². The topological polar surface area (TPSA) is 53.2 Å². The second-order valence-corrected chi connectivity index (χ2v) is 4.77. The highest BCUT2D eigenvalue weighted by molar-refractivity contribution is 6.08. The molecular weight excluding hydrogens is 298 g/mol. The molecule has 0 saturated heterocycles. The average molecular weight is 320 g/mol. The Morgan fingerprint density at radius 3 is 1.68 bits per heavy atom. The Kier molecular flexibility index (Phi) is 6.71. The second kappa shape index (κ2) is 8.06. The molecule has 2 rings (SSSR count). The number of carbonyl (C=O) groups is 1. The lowest BCUT2D eigenvalue weighted by atomic mass is 10.00. The molecule has 0 amide bonds. The van der Waals surface area contributed by atoms with Crippen molar-refractivity contribution in [3.05, 3.63) is 71.3 Å². The standard InChI is InChI=1S/C17H21N3O.ClH/c1-18-17(19-2,20-3)15-11-9-14(10-12-15)16(21)13-7-5-4-6-8-13;/h4-12,18-20H,1-3H3;1H. The maximum atomic E-state index is 12.4. The van der Waals surface area contributed by atoms with Crippen LogP contribution in [-0.2, 0) is 5.79 Å². The Hall–Kier alpha value is -1.72. The van der Waals surface area contributed by atoms with Gasteiger partial charge in [-0.1, -0.05) is 54.6 Å². The third-order valence-electron chi connectivity index (χ3n) is 3.74. The number of ketones is 1. The van der Waals surface area contributed by atoms with Crippen LogP contribution in [0.25, 0.3) is 0 Å². The van der Waals surface area contributed by atoms with Gasteiger partial charge in [-0.15, -0.1) is 12.4 Å². The van der Waals surface area contributed by atoms with E-state index in [1.165, 1.54) is 0 Å². The van der Waals surface area contributed by atoms with E-state index in [2.05, 4.69) is 16.0 Å². The van der Waals surface area contributed by atoms with E-state index in [4.69, 9.17) is 0 Å². The van der Waals surface area contributed by atoms with Crippen LogP contribution in [0.1, 0.15) is 21.5 Å². The summed E-state index contributed by atoms with van der Waals surface area (Å²) in [5, 5.41) is 9.61. The molecule has 4 nitrogen and oxygen atoms in total. The summed E-state index contributed by atoms with van der Waals surface area (Å²) >= 11 is 0. The monoisotopic (exact) mass is 319 g/mol. The van der Waals surface area contributed by atoms with E-state index in [9.17, 15) is 4.79 Å². The van der Waals surface area contributed by atoms with Crippen molar-refractivity contribution in [3.63, 3.8) is 0 Å². The summed E-state index contributed by atoms with van der Waals surface area (Å²) in [6, 6.07) is 16.9. The number of hydrogen-bond acceptors (Lipinski definition) is 4. The molecule has 2 aromatic carbocycles.